The van der Waals surface area contributed by atoms with E-state index in [4.69, 9.17) is 0 Å². The zero-order chi connectivity index (χ0) is 7.72. The van der Waals surface area contributed by atoms with Crippen LogP contribution in [0.2, 0.25) is 0 Å². The lowest BCUT2D eigenvalue weighted by Crippen LogP contribution is -2.40. The molecule has 0 saturated carbocycles. The third kappa shape index (κ3) is 1.93. The molecule has 1 rings (SSSR count). The van der Waals surface area contributed by atoms with E-state index < -0.39 is 24.1 Å². The van der Waals surface area contributed by atoms with Crippen LogP contribution in [0.3, 0.4) is 0 Å². The second-order valence-corrected chi connectivity index (χ2v) is 2.16. The molecule has 0 aliphatic carbocycles. The third-order valence-corrected chi connectivity index (χ3v) is 1.25. The molecule has 64 valence electrons. The highest BCUT2D eigenvalue weighted by Gasteiger charge is 2.32. The number of esters is 2. The van der Waals surface area contributed by atoms with E-state index in [9.17, 15) is 9.59 Å². The Labute approximate surface area is 65.5 Å². The molecule has 0 aromatic heterocycles. The zero-order valence-electron chi connectivity index (χ0n) is 5.79. The summed E-state index contributed by atoms with van der Waals surface area (Å²) in [5, 5.41) is 0. The third-order valence-electron chi connectivity index (χ3n) is 1.25. The Hall–Kier alpha value is -1.06. The molecule has 2 unspecified atom stereocenters. The molecular weight excluding hydrogens is 148 g/mol. The summed E-state index contributed by atoms with van der Waals surface area (Å²) in [6, 6.07) is 0. The van der Waals surface area contributed by atoms with Crippen LogP contribution < -0.4 is 0 Å². The monoisotopic (exact) mass is 160 g/mol. The maximum Gasteiger partial charge on any atom is 0.347 e. The Bertz CT molecular complexity index is 155. The topological polar surface area (TPSA) is 52.6 Å². The maximum atomic E-state index is 10.7. The molecule has 4 nitrogen and oxygen atoms in total. The Kier molecular flexibility index (Phi) is 3.04. The summed E-state index contributed by atoms with van der Waals surface area (Å²) in [5.74, 6) is -0.959. The number of hydrogen-bond donors (Lipinski definition) is 0. The summed E-state index contributed by atoms with van der Waals surface area (Å²) in [6.45, 7) is 2.96. The maximum absolute atomic E-state index is 10.7. The molecular formula is C7H12O4. The van der Waals surface area contributed by atoms with Crippen LogP contribution >= 0.6 is 0 Å². The molecule has 0 radical (unpaired) electrons. The number of rotatable bonds is 0. The van der Waals surface area contributed by atoms with Gasteiger partial charge < -0.3 is 9.47 Å². The number of carbonyl (C=O) groups excluding carboxylic acids is 2. The van der Waals surface area contributed by atoms with E-state index in [0.717, 1.165) is 0 Å². The van der Waals surface area contributed by atoms with Gasteiger partial charge in [0.05, 0.1) is 0 Å². The summed E-state index contributed by atoms with van der Waals surface area (Å²) < 4.78 is 9.19. The van der Waals surface area contributed by atoms with Gasteiger partial charge in [-0.25, -0.2) is 9.59 Å². The van der Waals surface area contributed by atoms with Crippen LogP contribution in [0, 0.1) is 0 Å². The fourth-order valence-electron chi connectivity index (χ4n) is 0.636. The minimum atomic E-state index is -0.747. The van der Waals surface area contributed by atoms with Crippen LogP contribution in [0.15, 0.2) is 0 Å². The van der Waals surface area contributed by atoms with Gasteiger partial charge in [-0.2, -0.15) is 0 Å². The second kappa shape index (κ2) is 3.37. The van der Waals surface area contributed by atoms with Crippen molar-refractivity contribution in [2.24, 2.45) is 0 Å². The lowest BCUT2D eigenvalue weighted by molar-refractivity contribution is -0.191. The van der Waals surface area contributed by atoms with Gasteiger partial charge in [0.15, 0.2) is 12.2 Å². The first kappa shape index (κ1) is 9.94. The smallest absolute Gasteiger partial charge is 0.347 e. The van der Waals surface area contributed by atoms with Crippen molar-refractivity contribution >= 4 is 11.9 Å². The highest BCUT2D eigenvalue weighted by Crippen LogP contribution is 2.08. The molecule has 0 spiro atoms. The van der Waals surface area contributed by atoms with Crippen LogP contribution in [0.25, 0.3) is 0 Å². The molecule has 0 aromatic carbocycles. The van der Waals surface area contributed by atoms with Crippen LogP contribution in [0.4, 0.5) is 0 Å². The van der Waals surface area contributed by atoms with Gasteiger partial charge >= 0.3 is 11.9 Å². The Balaban J connectivity index is 0.000001000. The molecule has 0 aromatic rings. The van der Waals surface area contributed by atoms with Gasteiger partial charge in [-0.3, -0.25) is 0 Å². The molecule has 0 bridgehead atoms. The molecule has 11 heavy (non-hydrogen) atoms. The van der Waals surface area contributed by atoms with Crippen molar-refractivity contribution in [3.05, 3.63) is 0 Å². The van der Waals surface area contributed by atoms with Gasteiger partial charge in [0.25, 0.3) is 0 Å². The van der Waals surface area contributed by atoms with E-state index in [2.05, 4.69) is 9.47 Å². The summed E-state index contributed by atoms with van der Waals surface area (Å²) >= 11 is 0. The van der Waals surface area contributed by atoms with Crippen LogP contribution in [0.1, 0.15) is 21.3 Å². The van der Waals surface area contributed by atoms with Crippen molar-refractivity contribution in [2.45, 2.75) is 33.5 Å². The minimum absolute atomic E-state index is 0. The molecule has 1 aliphatic rings. The van der Waals surface area contributed by atoms with E-state index in [1.54, 1.807) is 0 Å². The van der Waals surface area contributed by atoms with Gasteiger partial charge in [-0.1, -0.05) is 7.43 Å². The van der Waals surface area contributed by atoms with E-state index >= 15 is 0 Å². The SMILES string of the molecule is C.CC1OC(=O)C(C)OC1=O. The van der Waals surface area contributed by atoms with E-state index in [-0.39, 0.29) is 7.43 Å². The fourth-order valence-corrected chi connectivity index (χ4v) is 0.636. The molecule has 1 saturated heterocycles. The minimum Gasteiger partial charge on any atom is -0.448 e. The second-order valence-electron chi connectivity index (χ2n) is 2.16. The molecule has 1 fully saturated rings. The van der Waals surface area contributed by atoms with Crippen molar-refractivity contribution in [2.75, 3.05) is 0 Å². The zero-order valence-corrected chi connectivity index (χ0v) is 5.79. The summed E-state index contributed by atoms with van der Waals surface area (Å²) in [5.41, 5.74) is 0. The van der Waals surface area contributed by atoms with Crippen LogP contribution in [0.5, 0.6) is 0 Å². The molecule has 4 heteroatoms. The normalized spacial score (nSPS) is 30.0. The fraction of sp³-hybridized carbons (Fsp3) is 0.714. The van der Waals surface area contributed by atoms with Crippen LogP contribution in [-0.2, 0) is 19.1 Å². The number of ether oxygens (including phenoxy) is 2. The predicted octanol–water partition coefficient (Wildman–Crippen LogP) is 0.500. The predicted molar refractivity (Wildman–Crippen MR) is 37.8 cm³/mol. The average molecular weight is 160 g/mol. The summed E-state index contributed by atoms with van der Waals surface area (Å²) in [6.07, 6.45) is -1.49. The van der Waals surface area contributed by atoms with E-state index in [0.29, 0.717) is 0 Å². The number of hydrogen-bond acceptors (Lipinski definition) is 4. The first-order valence-corrected chi connectivity index (χ1v) is 3.02. The Morgan fingerprint density at radius 3 is 1.55 bits per heavy atom. The Morgan fingerprint density at radius 2 is 1.27 bits per heavy atom. The van der Waals surface area contributed by atoms with E-state index in [1.807, 2.05) is 0 Å². The largest absolute Gasteiger partial charge is 0.448 e. The van der Waals surface area contributed by atoms with Crippen molar-refractivity contribution in [1.82, 2.24) is 0 Å². The van der Waals surface area contributed by atoms with Crippen molar-refractivity contribution in [3.8, 4) is 0 Å². The first-order chi connectivity index (χ1) is 4.61. The van der Waals surface area contributed by atoms with Gasteiger partial charge in [0.1, 0.15) is 0 Å². The Morgan fingerprint density at radius 1 is 1.00 bits per heavy atom. The lowest BCUT2D eigenvalue weighted by Gasteiger charge is -2.22. The molecule has 0 amide bonds. The first-order valence-electron chi connectivity index (χ1n) is 3.02. The van der Waals surface area contributed by atoms with Crippen molar-refractivity contribution < 1.29 is 19.1 Å². The lowest BCUT2D eigenvalue weighted by atomic mass is 10.3. The number of carbonyl (C=O) groups is 2. The average Bonchev–Trinajstić information content (AvgIpc) is 1.84. The highest BCUT2D eigenvalue weighted by atomic mass is 16.6. The quantitative estimate of drug-likeness (QED) is 0.484. The van der Waals surface area contributed by atoms with Crippen LogP contribution in [-0.4, -0.2) is 24.1 Å². The summed E-state index contributed by atoms with van der Waals surface area (Å²) in [7, 11) is 0. The van der Waals surface area contributed by atoms with Gasteiger partial charge in [0, 0.05) is 0 Å². The highest BCUT2D eigenvalue weighted by molar-refractivity contribution is 5.86. The van der Waals surface area contributed by atoms with Crippen molar-refractivity contribution in [1.29, 1.82) is 0 Å². The van der Waals surface area contributed by atoms with Gasteiger partial charge in [-0.05, 0) is 13.8 Å². The van der Waals surface area contributed by atoms with E-state index in [1.165, 1.54) is 13.8 Å². The van der Waals surface area contributed by atoms with Crippen molar-refractivity contribution in [3.63, 3.8) is 0 Å². The van der Waals surface area contributed by atoms with Gasteiger partial charge in [-0.15, -0.1) is 0 Å². The molecule has 2 atom stereocenters. The standard InChI is InChI=1S/C6H8O4.CH4/c1-3-5(7)10-4(2)6(8)9-3;/h3-4H,1-2H3;1H4. The summed E-state index contributed by atoms with van der Waals surface area (Å²) in [4.78, 5) is 21.3. The molecule has 1 heterocycles. The number of cyclic esters (lactones) is 2. The molecule has 0 N–H and O–H groups in total. The molecule has 1 aliphatic heterocycles. The van der Waals surface area contributed by atoms with Gasteiger partial charge in [0.2, 0.25) is 0 Å².